The van der Waals surface area contributed by atoms with Gasteiger partial charge in [0.2, 0.25) is 5.91 Å². The molecule has 0 bridgehead atoms. The normalized spacial score (nSPS) is 14.7. The molecule has 0 fully saturated rings. The molecule has 1 aliphatic rings. The fourth-order valence-corrected chi connectivity index (χ4v) is 4.87. The summed E-state index contributed by atoms with van der Waals surface area (Å²) in [6.45, 7) is 0.944. The molecule has 0 aliphatic carbocycles. The number of amides is 1. The Morgan fingerprint density at radius 2 is 1.59 bits per heavy atom. The van der Waals surface area contributed by atoms with Crippen LogP contribution in [0.4, 0.5) is 0 Å². The van der Waals surface area contributed by atoms with E-state index in [1.807, 2.05) is 54.6 Å². The maximum atomic E-state index is 13.0. The maximum Gasteiger partial charge on any atom is 0.341 e. The lowest BCUT2D eigenvalue weighted by atomic mass is 9.88. The van der Waals surface area contributed by atoms with Crippen LogP contribution in [0.2, 0.25) is 0 Å². The fourth-order valence-electron chi connectivity index (χ4n) is 4.87. The molecule has 9 heteroatoms. The van der Waals surface area contributed by atoms with E-state index in [2.05, 4.69) is 10.2 Å². The van der Waals surface area contributed by atoms with Crippen molar-refractivity contribution in [3.05, 3.63) is 82.9 Å². The highest BCUT2D eigenvalue weighted by atomic mass is 16.5. The Hall–Kier alpha value is -4.24. The van der Waals surface area contributed by atoms with E-state index in [4.69, 9.17) is 24.1 Å². The monoisotopic (exact) mass is 534 g/mol. The van der Waals surface area contributed by atoms with Gasteiger partial charge in [-0.05, 0) is 59.4 Å². The van der Waals surface area contributed by atoms with Crippen molar-refractivity contribution in [1.29, 1.82) is 0 Å². The molecule has 0 saturated heterocycles. The van der Waals surface area contributed by atoms with Crippen LogP contribution in [0.3, 0.4) is 0 Å². The third-order valence-corrected chi connectivity index (χ3v) is 6.80. The first-order chi connectivity index (χ1) is 18.9. The predicted molar refractivity (Wildman–Crippen MR) is 146 cm³/mol. The number of nitrogens with zero attached hydrogens (tertiary/aromatic N) is 1. The quantitative estimate of drug-likeness (QED) is 0.363. The third kappa shape index (κ3) is 7.00. The van der Waals surface area contributed by atoms with Gasteiger partial charge in [0.05, 0.1) is 27.9 Å². The molecule has 1 atom stereocenters. The number of hydrogen-bond donors (Lipinski definition) is 2. The molecular formula is C30H34N2O7. The maximum absolute atomic E-state index is 13.0. The Morgan fingerprint density at radius 1 is 0.897 bits per heavy atom. The minimum Gasteiger partial charge on any atom is -0.493 e. The Morgan fingerprint density at radius 3 is 2.28 bits per heavy atom. The van der Waals surface area contributed by atoms with Crippen molar-refractivity contribution in [1.82, 2.24) is 10.2 Å². The molecule has 39 heavy (non-hydrogen) atoms. The summed E-state index contributed by atoms with van der Waals surface area (Å²) in [6.07, 6.45) is 1.35. The zero-order valence-corrected chi connectivity index (χ0v) is 22.4. The number of carboxylic acids is 1. The molecule has 0 spiro atoms. The van der Waals surface area contributed by atoms with E-state index in [1.54, 1.807) is 20.3 Å². The van der Waals surface area contributed by atoms with E-state index in [9.17, 15) is 9.59 Å². The zero-order chi connectivity index (χ0) is 27.8. The number of carbonyl (C=O) groups is 2. The average molecular weight is 535 g/mol. The van der Waals surface area contributed by atoms with Gasteiger partial charge in [0.15, 0.2) is 29.6 Å². The number of benzene rings is 3. The molecular weight excluding hydrogens is 500 g/mol. The summed E-state index contributed by atoms with van der Waals surface area (Å²) < 4.78 is 22.0. The molecule has 1 unspecified atom stereocenters. The average Bonchev–Trinajstić information content (AvgIpc) is 2.96. The van der Waals surface area contributed by atoms with Crippen LogP contribution in [0.25, 0.3) is 0 Å². The number of carboxylic acid groups (broad SMARTS) is 1. The van der Waals surface area contributed by atoms with E-state index in [0.29, 0.717) is 42.5 Å². The summed E-state index contributed by atoms with van der Waals surface area (Å²) in [5, 5.41) is 12.0. The number of aliphatic carboxylic acids is 1. The van der Waals surface area contributed by atoms with Crippen LogP contribution in [-0.4, -0.2) is 62.9 Å². The van der Waals surface area contributed by atoms with Gasteiger partial charge in [-0.25, -0.2) is 4.79 Å². The molecule has 206 valence electrons. The van der Waals surface area contributed by atoms with E-state index in [1.165, 1.54) is 7.11 Å². The second kappa shape index (κ2) is 13.0. The smallest absolute Gasteiger partial charge is 0.341 e. The highest BCUT2D eigenvalue weighted by molar-refractivity contribution is 5.78. The van der Waals surface area contributed by atoms with Gasteiger partial charge in [0.25, 0.3) is 0 Å². The lowest BCUT2D eigenvalue weighted by Gasteiger charge is -2.37. The Bertz CT molecular complexity index is 1300. The summed E-state index contributed by atoms with van der Waals surface area (Å²) >= 11 is 0. The highest BCUT2D eigenvalue weighted by Crippen LogP contribution is 2.40. The predicted octanol–water partition coefficient (Wildman–Crippen LogP) is 3.63. The molecule has 0 aromatic heterocycles. The Balaban J connectivity index is 1.60. The number of fused-ring (bicyclic) bond motifs is 1. The van der Waals surface area contributed by atoms with E-state index in [0.717, 1.165) is 28.7 Å². The number of hydrogen-bond acceptors (Lipinski definition) is 7. The van der Waals surface area contributed by atoms with Crippen LogP contribution in [0.5, 0.6) is 23.0 Å². The molecule has 0 saturated carbocycles. The number of ether oxygens (including phenoxy) is 4. The standard InChI is InChI=1S/C30H34N2O7/c1-36-26-14-21(9-10-25(26)39-19-30(34)35)13-24-23-16-28(38-3)27(37-2)15-22(23)11-12-32(24)18-29(33)31-17-20-7-5-4-6-8-20/h4-10,14-16,24H,11-13,17-19H2,1-3H3,(H,31,33)(H,34,35). The Kier molecular flexibility index (Phi) is 9.27. The zero-order valence-electron chi connectivity index (χ0n) is 22.4. The van der Waals surface area contributed by atoms with Crippen molar-refractivity contribution >= 4 is 11.9 Å². The molecule has 3 aromatic rings. The SMILES string of the molecule is COc1cc2c(cc1OC)C(Cc1ccc(OCC(=O)O)c(OC)c1)N(CC(=O)NCc1ccccc1)CC2. The summed E-state index contributed by atoms with van der Waals surface area (Å²) in [7, 11) is 4.74. The van der Waals surface area contributed by atoms with Gasteiger partial charge in [-0.1, -0.05) is 36.4 Å². The summed E-state index contributed by atoms with van der Waals surface area (Å²) in [5.74, 6) is 0.992. The second-order valence-electron chi connectivity index (χ2n) is 9.28. The molecule has 1 heterocycles. The van der Waals surface area contributed by atoms with Crippen LogP contribution in [0, 0.1) is 0 Å². The van der Waals surface area contributed by atoms with Crippen LogP contribution in [0.15, 0.2) is 60.7 Å². The largest absolute Gasteiger partial charge is 0.493 e. The van der Waals surface area contributed by atoms with Gasteiger partial charge in [0.1, 0.15) is 0 Å². The first-order valence-corrected chi connectivity index (χ1v) is 12.7. The van der Waals surface area contributed by atoms with Gasteiger partial charge in [-0.2, -0.15) is 0 Å². The number of carbonyl (C=O) groups excluding carboxylic acids is 1. The van der Waals surface area contributed by atoms with Gasteiger partial charge >= 0.3 is 5.97 Å². The van der Waals surface area contributed by atoms with Crippen molar-refractivity contribution < 1.29 is 33.6 Å². The van der Waals surface area contributed by atoms with Crippen molar-refractivity contribution in [2.75, 3.05) is 41.0 Å². The molecule has 0 radical (unpaired) electrons. The van der Waals surface area contributed by atoms with Crippen molar-refractivity contribution in [2.45, 2.75) is 25.4 Å². The second-order valence-corrected chi connectivity index (χ2v) is 9.28. The lowest BCUT2D eigenvalue weighted by molar-refractivity contribution is -0.139. The van der Waals surface area contributed by atoms with Crippen molar-refractivity contribution in [2.24, 2.45) is 0 Å². The van der Waals surface area contributed by atoms with Crippen LogP contribution < -0.4 is 24.3 Å². The van der Waals surface area contributed by atoms with E-state index < -0.39 is 12.6 Å². The molecule has 2 N–H and O–H groups in total. The van der Waals surface area contributed by atoms with Gasteiger partial charge in [-0.15, -0.1) is 0 Å². The summed E-state index contributed by atoms with van der Waals surface area (Å²) in [4.78, 5) is 26.1. The minimum atomic E-state index is -1.06. The molecule has 3 aromatic carbocycles. The lowest BCUT2D eigenvalue weighted by Crippen LogP contribution is -2.43. The Labute approximate surface area is 228 Å². The van der Waals surface area contributed by atoms with Crippen LogP contribution >= 0.6 is 0 Å². The first kappa shape index (κ1) is 27.8. The molecule has 1 aliphatic heterocycles. The minimum absolute atomic E-state index is 0.0530. The van der Waals surface area contributed by atoms with Crippen LogP contribution in [-0.2, 0) is 29.0 Å². The van der Waals surface area contributed by atoms with Crippen LogP contribution in [0.1, 0.15) is 28.3 Å². The van der Waals surface area contributed by atoms with Gasteiger partial charge in [-0.3, -0.25) is 9.69 Å². The van der Waals surface area contributed by atoms with E-state index >= 15 is 0 Å². The van der Waals surface area contributed by atoms with Crippen molar-refractivity contribution in [3.8, 4) is 23.0 Å². The molecule has 9 nitrogen and oxygen atoms in total. The first-order valence-electron chi connectivity index (χ1n) is 12.7. The fraction of sp³-hybridized carbons (Fsp3) is 0.333. The highest BCUT2D eigenvalue weighted by Gasteiger charge is 2.31. The topological polar surface area (TPSA) is 107 Å². The molecule has 1 amide bonds. The number of rotatable bonds is 12. The van der Waals surface area contributed by atoms with Crippen molar-refractivity contribution in [3.63, 3.8) is 0 Å². The third-order valence-electron chi connectivity index (χ3n) is 6.80. The summed E-state index contributed by atoms with van der Waals surface area (Å²) in [5.41, 5.74) is 4.21. The van der Waals surface area contributed by atoms with Gasteiger partial charge < -0.3 is 29.4 Å². The van der Waals surface area contributed by atoms with Gasteiger partial charge in [0, 0.05) is 19.1 Å². The number of methoxy groups -OCH3 is 3. The summed E-state index contributed by atoms with van der Waals surface area (Å²) in [6, 6.07) is 19.2. The van der Waals surface area contributed by atoms with E-state index in [-0.39, 0.29) is 18.5 Å². The number of nitrogens with one attached hydrogen (secondary N) is 1. The molecule has 4 rings (SSSR count).